The van der Waals surface area contributed by atoms with E-state index in [1.165, 1.54) is 6.42 Å². The molecule has 1 saturated carbocycles. The summed E-state index contributed by atoms with van der Waals surface area (Å²) >= 11 is 0. The van der Waals surface area contributed by atoms with Gasteiger partial charge in [0.2, 0.25) is 0 Å². The third-order valence-electron chi connectivity index (χ3n) is 3.87. The Bertz CT molecular complexity index is 413. The standard InChI is InChI=1S/C17H27NO2/c1-4-19-15-8-5-6-9-16(15)20-17(10-7-11-17)12-13-18-14(2)3/h5-6,8-9,14,18H,4,7,10-13H2,1-3H3. The summed E-state index contributed by atoms with van der Waals surface area (Å²) in [6.45, 7) is 8.04. The predicted molar refractivity (Wildman–Crippen MR) is 82.6 cm³/mol. The Hall–Kier alpha value is -1.22. The Morgan fingerprint density at radius 1 is 1.20 bits per heavy atom. The summed E-state index contributed by atoms with van der Waals surface area (Å²) < 4.78 is 12.0. The van der Waals surface area contributed by atoms with Crippen LogP contribution >= 0.6 is 0 Å². The van der Waals surface area contributed by atoms with Crippen molar-refractivity contribution in [2.45, 2.75) is 58.1 Å². The molecule has 0 amide bonds. The number of hydrogen-bond donors (Lipinski definition) is 1. The lowest BCUT2D eigenvalue weighted by molar-refractivity contribution is -0.0166. The van der Waals surface area contributed by atoms with Gasteiger partial charge in [-0.3, -0.25) is 0 Å². The Morgan fingerprint density at radius 2 is 1.90 bits per heavy atom. The van der Waals surface area contributed by atoms with E-state index in [0.717, 1.165) is 37.3 Å². The van der Waals surface area contributed by atoms with Crippen molar-refractivity contribution < 1.29 is 9.47 Å². The molecule has 0 aromatic heterocycles. The number of para-hydroxylation sites is 2. The van der Waals surface area contributed by atoms with Crippen molar-refractivity contribution >= 4 is 0 Å². The Balaban J connectivity index is 1.98. The van der Waals surface area contributed by atoms with E-state index in [9.17, 15) is 0 Å². The lowest BCUT2D eigenvalue weighted by Crippen LogP contribution is -2.46. The van der Waals surface area contributed by atoms with Crippen LogP contribution in [-0.4, -0.2) is 24.8 Å². The molecule has 3 heteroatoms. The van der Waals surface area contributed by atoms with E-state index in [2.05, 4.69) is 19.2 Å². The first-order chi connectivity index (χ1) is 9.65. The van der Waals surface area contributed by atoms with Crippen LogP contribution in [0.25, 0.3) is 0 Å². The molecule has 1 N–H and O–H groups in total. The number of hydrogen-bond acceptors (Lipinski definition) is 3. The van der Waals surface area contributed by atoms with E-state index in [1.54, 1.807) is 0 Å². The number of benzene rings is 1. The number of ether oxygens (including phenoxy) is 2. The van der Waals surface area contributed by atoms with Gasteiger partial charge in [0.25, 0.3) is 0 Å². The van der Waals surface area contributed by atoms with E-state index in [1.807, 2.05) is 31.2 Å². The maximum absolute atomic E-state index is 6.34. The first kappa shape index (κ1) is 15.2. The van der Waals surface area contributed by atoms with Crippen molar-refractivity contribution in [1.82, 2.24) is 5.32 Å². The van der Waals surface area contributed by atoms with Gasteiger partial charge in [-0.15, -0.1) is 0 Å². The van der Waals surface area contributed by atoms with Gasteiger partial charge in [0, 0.05) is 6.04 Å². The van der Waals surface area contributed by atoms with Gasteiger partial charge in [0.05, 0.1) is 6.61 Å². The van der Waals surface area contributed by atoms with Gasteiger partial charge in [0.15, 0.2) is 11.5 Å². The van der Waals surface area contributed by atoms with Crippen LogP contribution in [0.3, 0.4) is 0 Å². The molecule has 0 atom stereocenters. The molecule has 0 spiro atoms. The SMILES string of the molecule is CCOc1ccccc1OC1(CCNC(C)C)CCC1. The maximum Gasteiger partial charge on any atom is 0.162 e. The zero-order chi connectivity index (χ0) is 14.4. The lowest BCUT2D eigenvalue weighted by atomic mass is 9.77. The van der Waals surface area contributed by atoms with E-state index in [0.29, 0.717) is 12.6 Å². The highest BCUT2D eigenvalue weighted by atomic mass is 16.5. The molecule has 1 aromatic carbocycles. The van der Waals surface area contributed by atoms with Crippen LogP contribution in [0.2, 0.25) is 0 Å². The largest absolute Gasteiger partial charge is 0.490 e. The van der Waals surface area contributed by atoms with Crippen LogP contribution in [0.5, 0.6) is 11.5 Å². The van der Waals surface area contributed by atoms with Crippen molar-refractivity contribution in [1.29, 1.82) is 0 Å². The Labute approximate surface area is 122 Å². The molecule has 20 heavy (non-hydrogen) atoms. The van der Waals surface area contributed by atoms with Crippen molar-refractivity contribution in [2.24, 2.45) is 0 Å². The molecule has 0 radical (unpaired) electrons. The molecular weight excluding hydrogens is 250 g/mol. The van der Waals surface area contributed by atoms with E-state index in [4.69, 9.17) is 9.47 Å². The zero-order valence-corrected chi connectivity index (χ0v) is 12.9. The second kappa shape index (κ2) is 6.98. The van der Waals surface area contributed by atoms with Crippen LogP contribution in [0.1, 0.15) is 46.5 Å². The van der Waals surface area contributed by atoms with Crippen molar-refractivity contribution in [2.75, 3.05) is 13.2 Å². The molecule has 1 aromatic rings. The molecule has 0 unspecified atom stereocenters. The minimum Gasteiger partial charge on any atom is -0.490 e. The van der Waals surface area contributed by atoms with Crippen molar-refractivity contribution in [3.05, 3.63) is 24.3 Å². The van der Waals surface area contributed by atoms with Gasteiger partial charge >= 0.3 is 0 Å². The molecule has 0 heterocycles. The lowest BCUT2D eigenvalue weighted by Gasteiger charge is -2.42. The molecule has 1 aliphatic rings. The smallest absolute Gasteiger partial charge is 0.162 e. The fraction of sp³-hybridized carbons (Fsp3) is 0.647. The molecule has 1 fully saturated rings. The molecule has 2 rings (SSSR count). The highest BCUT2D eigenvalue weighted by Crippen LogP contribution is 2.41. The number of rotatable bonds is 8. The highest BCUT2D eigenvalue weighted by Gasteiger charge is 2.39. The minimum atomic E-state index is 0.00902. The monoisotopic (exact) mass is 277 g/mol. The third kappa shape index (κ3) is 3.89. The number of nitrogens with one attached hydrogen (secondary N) is 1. The molecule has 1 aliphatic carbocycles. The fourth-order valence-electron chi connectivity index (χ4n) is 2.61. The molecular formula is C17H27NO2. The maximum atomic E-state index is 6.34. The van der Waals surface area contributed by atoms with Crippen LogP contribution in [0.15, 0.2) is 24.3 Å². The van der Waals surface area contributed by atoms with Crippen molar-refractivity contribution in [3.63, 3.8) is 0 Å². The van der Waals surface area contributed by atoms with Gasteiger partial charge in [-0.05, 0) is 51.3 Å². The first-order valence-electron chi connectivity index (χ1n) is 7.79. The van der Waals surface area contributed by atoms with Crippen LogP contribution in [0.4, 0.5) is 0 Å². The average Bonchev–Trinajstić information content (AvgIpc) is 2.37. The van der Waals surface area contributed by atoms with Crippen LogP contribution in [-0.2, 0) is 0 Å². The summed E-state index contributed by atoms with van der Waals surface area (Å²) in [5, 5.41) is 3.48. The molecule has 112 valence electrons. The van der Waals surface area contributed by atoms with E-state index in [-0.39, 0.29) is 5.60 Å². The summed E-state index contributed by atoms with van der Waals surface area (Å²) in [5.74, 6) is 1.75. The second-order valence-corrected chi connectivity index (χ2v) is 5.88. The predicted octanol–water partition coefficient (Wildman–Crippen LogP) is 3.77. The van der Waals surface area contributed by atoms with Gasteiger partial charge in [-0.25, -0.2) is 0 Å². The van der Waals surface area contributed by atoms with Gasteiger partial charge < -0.3 is 14.8 Å². The van der Waals surface area contributed by atoms with Gasteiger partial charge in [-0.1, -0.05) is 26.0 Å². The Morgan fingerprint density at radius 3 is 2.45 bits per heavy atom. The van der Waals surface area contributed by atoms with E-state index >= 15 is 0 Å². The Kier molecular flexibility index (Phi) is 5.30. The molecule has 0 aliphatic heterocycles. The third-order valence-corrected chi connectivity index (χ3v) is 3.87. The minimum absolute atomic E-state index is 0.00902. The summed E-state index contributed by atoms with van der Waals surface area (Å²) in [7, 11) is 0. The summed E-state index contributed by atoms with van der Waals surface area (Å²) in [6.07, 6.45) is 4.62. The quantitative estimate of drug-likeness (QED) is 0.784. The van der Waals surface area contributed by atoms with Crippen LogP contribution < -0.4 is 14.8 Å². The molecule has 3 nitrogen and oxygen atoms in total. The van der Waals surface area contributed by atoms with Crippen molar-refractivity contribution in [3.8, 4) is 11.5 Å². The summed E-state index contributed by atoms with van der Waals surface area (Å²) in [5.41, 5.74) is 0.00902. The average molecular weight is 277 g/mol. The zero-order valence-electron chi connectivity index (χ0n) is 12.9. The van der Waals surface area contributed by atoms with Crippen LogP contribution in [0, 0.1) is 0 Å². The second-order valence-electron chi connectivity index (χ2n) is 5.88. The topological polar surface area (TPSA) is 30.5 Å². The normalized spacial score (nSPS) is 16.8. The molecule has 0 bridgehead atoms. The van der Waals surface area contributed by atoms with Gasteiger partial charge in [-0.2, -0.15) is 0 Å². The summed E-state index contributed by atoms with van der Waals surface area (Å²) in [6, 6.07) is 8.53. The first-order valence-corrected chi connectivity index (χ1v) is 7.79. The highest BCUT2D eigenvalue weighted by molar-refractivity contribution is 5.40. The van der Waals surface area contributed by atoms with E-state index < -0.39 is 0 Å². The fourth-order valence-corrected chi connectivity index (χ4v) is 2.61. The summed E-state index contributed by atoms with van der Waals surface area (Å²) in [4.78, 5) is 0. The van der Waals surface area contributed by atoms with Gasteiger partial charge in [0.1, 0.15) is 5.60 Å². The molecule has 0 saturated heterocycles.